The third-order valence-electron chi connectivity index (χ3n) is 2.56. The van der Waals surface area contributed by atoms with Crippen molar-refractivity contribution in [3.05, 3.63) is 29.8 Å². The van der Waals surface area contributed by atoms with Crippen molar-refractivity contribution in [3.8, 4) is 5.75 Å². The van der Waals surface area contributed by atoms with Crippen LogP contribution >= 0.6 is 0 Å². The summed E-state index contributed by atoms with van der Waals surface area (Å²) < 4.78 is 139. The van der Waals surface area contributed by atoms with Crippen LogP contribution in [0.5, 0.6) is 5.75 Å². The first-order chi connectivity index (χ1) is 17.1. The predicted octanol–water partition coefficient (Wildman–Crippen LogP) is 2.39. The summed E-state index contributed by atoms with van der Waals surface area (Å²) in [6.07, 6.45) is -8.73. The highest BCUT2D eigenvalue weighted by atomic mass is 16.5. The van der Waals surface area contributed by atoms with Crippen LogP contribution in [0.25, 0.3) is 0 Å². The Kier molecular flexibility index (Phi) is 2.27. The summed E-state index contributed by atoms with van der Waals surface area (Å²) in [7, 11) is 0. The lowest BCUT2D eigenvalue weighted by Crippen LogP contribution is -2.35. The molecule has 1 aromatic carbocycles. The van der Waals surface area contributed by atoms with E-state index in [2.05, 4.69) is 0 Å². The van der Waals surface area contributed by atoms with Gasteiger partial charge in [-0.15, -0.1) is 0 Å². The first-order valence-corrected chi connectivity index (χ1v) is 6.51. The quantitative estimate of drug-likeness (QED) is 0.656. The van der Waals surface area contributed by atoms with Gasteiger partial charge in [-0.25, -0.2) is 0 Å². The first-order valence-electron chi connectivity index (χ1n) is 15.0. The van der Waals surface area contributed by atoms with Crippen molar-refractivity contribution in [1.82, 2.24) is 5.32 Å². The lowest BCUT2D eigenvalue weighted by Gasteiger charge is -2.15. The molecule has 4 heteroatoms. The summed E-state index contributed by atoms with van der Waals surface area (Å²) >= 11 is 0. The SMILES string of the molecule is [2H]C([2H])([2H])C([2H])(NCC([2H])(O)C([2H])([2H])Oc1ccc(CCOC([2H])([2H])C2([2H])C([2H])([2H])C2([2H])[2H])cc1)C([2H])([2H])[2H]. The van der Waals surface area contributed by atoms with Crippen LogP contribution in [0, 0.1) is 5.89 Å². The van der Waals surface area contributed by atoms with Crippen LogP contribution in [-0.4, -0.2) is 43.5 Å². The fourth-order valence-electron chi connectivity index (χ4n) is 1.42. The van der Waals surface area contributed by atoms with E-state index in [1.807, 2.05) is 0 Å². The van der Waals surface area contributed by atoms with Gasteiger partial charge in [0.1, 0.15) is 18.4 Å². The van der Waals surface area contributed by atoms with Gasteiger partial charge in [-0.1, -0.05) is 25.8 Å². The standard InChI is InChI=1S/C18H29NO3/c1-14(2)19-11-17(20)13-22-18-7-5-15(6-8-18)9-10-21-12-16-3-4-16/h5-8,14,16-17,19-20H,3-4,9-13H2,1-2H3/i1D3,2D3,3D2,4D2,12D2,13D2,14D,16D,17D. The number of hydrogen-bond acceptors (Lipinski definition) is 4. The van der Waals surface area contributed by atoms with Gasteiger partial charge in [0.05, 0.1) is 13.5 Å². The van der Waals surface area contributed by atoms with E-state index in [1.54, 1.807) is 5.32 Å². The highest BCUT2D eigenvalue weighted by Gasteiger charge is 2.20. The molecule has 1 aliphatic rings. The molecule has 0 aliphatic heterocycles. The van der Waals surface area contributed by atoms with Crippen LogP contribution in [-0.2, 0) is 11.2 Å². The normalized spacial score (nSPS) is 37.8. The van der Waals surface area contributed by atoms with E-state index in [0.717, 1.165) is 0 Å². The third kappa shape index (κ3) is 7.25. The molecular formula is C18H29NO3. The van der Waals surface area contributed by atoms with Crippen molar-refractivity contribution in [2.75, 3.05) is 26.3 Å². The minimum Gasteiger partial charge on any atom is -0.491 e. The maximum atomic E-state index is 10.3. The number of hydrogen-bond donors (Lipinski definition) is 2. The summed E-state index contributed by atoms with van der Waals surface area (Å²) in [5.74, 6) is -2.97. The predicted molar refractivity (Wildman–Crippen MR) is 88.3 cm³/mol. The van der Waals surface area contributed by atoms with Crippen LogP contribution in [0.2, 0.25) is 0 Å². The van der Waals surface area contributed by atoms with Gasteiger partial charge in [0.15, 0.2) is 0 Å². The Hall–Kier alpha value is -1.10. The molecule has 2 rings (SSSR count). The molecule has 4 nitrogen and oxygen atoms in total. The lowest BCUT2D eigenvalue weighted by atomic mass is 10.1. The summed E-state index contributed by atoms with van der Waals surface area (Å²) in [6.45, 7) is -14.7. The largest absolute Gasteiger partial charge is 0.491 e. The number of rotatable bonds is 11. The number of nitrogens with one attached hydrogen (secondary N) is 1. The lowest BCUT2D eigenvalue weighted by molar-refractivity contribution is 0.104. The molecular weight excluding hydrogens is 278 g/mol. The number of aliphatic hydroxyl groups is 1. The molecule has 2 N–H and O–H groups in total. The number of benzene rings is 1. The molecule has 0 heterocycles. The Morgan fingerprint density at radius 3 is 2.95 bits per heavy atom. The zero-order valence-corrected chi connectivity index (χ0v) is 11.7. The van der Waals surface area contributed by atoms with E-state index in [0.29, 0.717) is 5.56 Å². The minimum atomic E-state index is -3.42. The van der Waals surface area contributed by atoms with Crippen LogP contribution in [0.15, 0.2) is 24.3 Å². The third-order valence-corrected chi connectivity index (χ3v) is 2.56. The van der Waals surface area contributed by atoms with E-state index >= 15 is 0 Å². The van der Waals surface area contributed by atoms with E-state index in [9.17, 15) is 5.11 Å². The molecule has 0 spiro atoms. The smallest absolute Gasteiger partial charge is 0.119 e. The van der Waals surface area contributed by atoms with Crippen LogP contribution in [0.1, 0.15) is 55.3 Å². The molecule has 124 valence electrons. The zero-order chi connectivity index (χ0) is 30.7. The summed E-state index contributed by atoms with van der Waals surface area (Å²) in [6, 6.07) is 1.89. The van der Waals surface area contributed by atoms with Gasteiger partial charge in [0.25, 0.3) is 0 Å². The Morgan fingerprint density at radius 2 is 2.27 bits per heavy atom. The summed E-state index contributed by atoms with van der Waals surface area (Å²) in [5, 5.41) is 12.1. The fourth-order valence-corrected chi connectivity index (χ4v) is 1.42. The maximum absolute atomic E-state index is 10.3. The second kappa shape index (κ2) is 9.13. The van der Waals surface area contributed by atoms with Gasteiger partial charge in [-0.3, -0.25) is 0 Å². The Labute approximate surface area is 157 Å². The zero-order valence-electron chi connectivity index (χ0n) is 28.7. The molecule has 0 bridgehead atoms. The van der Waals surface area contributed by atoms with Crippen molar-refractivity contribution < 1.29 is 37.9 Å². The van der Waals surface area contributed by atoms with Crippen LogP contribution < -0.4 is 10.1 Å². The monoisotopic (exact) mass is 324 g/mol. The highest BCUT2D eigenvalue weighted by Crippen LogP contribution is 2.28. The van der Waals surface area contributed by atoms with Gasteiger partial charge < -0.3 is 19.9 Å². The van der Waals surface area contributed by atoms with E-state index < -0.39 is 64.1 Å². The molecule has 1 aliphatic carbocycles. The van der Waals surface area contributed by atoms with Gasteiger partial charge in [-0.2, -0.15) is 0 Å². The van der Waals surface area contributed by atoms with Crippen LogP contribution in [0.4, 0.5) is 0 Å². The molecule has 1 saturated carbocycles. The minimum absolute atomic E-state index is 0.0247. The van der Waals surface area contributed by atoms with Crippen LogP contribution in [0.3, 0.4) is 0 Å². The molecule has 22 heavy (non-hydrogen) atoms. The maximum Gasteiger partial charge on any atom is 0.119 e. The summed E-state index contributed by atoms with van der Waals surface area (Å²) in [4.78, 5) is 0. The van der Waals surface area contributed by atoms with E-state index in [1.165, 1.54) is 24.3 Å². The first kappa shape index (κ1) is 5.47. The second-order valence-electron chi connectivity index (χ2n) is 4.35. The van der Waals surface area contributed by atoms with Crippen molar-refractivity contribution >= 4 is 0 Å². The summed E-state index contributed by atoms with van der Waals surface area (Å²) in [5.41, 5.74) is 0.483. The average molecular weight is 325 g/mol. The number of ether oxygens (including phenoxy) is 2. The van der Waals surface area contributed by atoms with Crippen molar-refractivity contribution in [2.24, 2.45) is 5.89 Å². The molecule has 1 unspecified atom stereocenters. The topological polar surface area (TPSA) is 50.7 Å². The average Bonchev–Trinajstić information content (AvgIpc) is 3.08. The van der Waals surface area contributed by atoms with Gasteiger partial charge in [-0.05, 0) is 42.8 Å². The molecule has 0 saturated heterocycles. The Morgan fingerprint density at radius 1 is 1.50 bits per heavy atom. The van der Waals surface area contributed by atoms with E-state index in [4.69, 9.17) is 32.8 Å². The van der Waals surface area contributed by atoms with Crippen molar-refractivity contribution in [1.29, 1.82) is 0 Å². The molecule has 1 fully saturated rings. The molecule has 0 amide bonds. The Bertz CT molecular complexity index is 991. The molecule has 1 atom stereocenters. The van der Waals surface area contributed by atoms with Crippen molar-refractivity contribution in [2.45, 2.75) is 45.0 Å². The van der Waals surface area contributed by atoms with Gasteiger partial charge >= 0.3 is 0 Å². The highest BCUT2D eigenvalue weighted by molar-refractivity contribution is 5.27. The van der Waals surface area contributed by atoms with Crippen molar-refractivity contribution in [3.63, 3.8) is 0 Å². The second-order valence-corrected chi connectivity index (χ2v) is 4.35. The Balaban J connectivity index is 2.02. The van der Waals surface area contributed by atoms with Gasteiger partial charge in [0.2, 0.25) is 0 Å². The van der Waals surface area contributed by atoms with Gasteiger partial charge in [0, 0.05) is 35.6 Å². The fraction of sp³-hybridized carbons (Fsp3) is 0.667. The molecule has 1 aromatic rings. The van der Waals surface area contributed by atoms with E-state index in [-0.39, 0.29) is 18.8 Å². The molecule has 0 radical (unpaired) electrons. The molecule has 0 aromatic heterocycles.